The number of halogens is 5. The van der Waals surface area contributed by atoms with Gasteiger partial charge in [0.2, 0.25) is 5.16 Å². The van der Waals surface area contributed by atoms with Crippen molar-refractivity contribution in [1.82, 2.24) is 15.2 Å². The Hall–Kier alpha value is -1.51. The highest BCUT2D eigenvalue weighted by Crippen LogP contribution is 2.33. The van der Waals surface area contributed by atoms with E-state index >= 15 is 0 Å². The largest absolute Gasteiger partial charge is 0.487 e. The molecule has 0 fully saturated rings. The molecule has 184 valence electrons. The highest BCUT2D eigenvalue weighted by atomic mass is 127. The number of H-pyrrole nitrogens is 1. The monoisotopic (exact) mass is 783 g/mol. The van der Waals surface area contributed by atoms with Crippen molar-refractivity contribution in [3.63, 3.8) is 0 Å². The number of nitrogens with one attached hydrogen (secondary N) is 1. The Labute approximate surface area is 253 Å². The van der Waals surface area contributed by atoms with Crippen molar-refractivity contribution in [3.05, 3.63) is 92.8 Å². The molecule has 0 saturated heterocycles. The number of ether oxygens (including phenoxy) is 1. The van der Waals surface area contributed by atoms with Gasteiger partial charge in [-0.2, -0.15) is 0 Å². The van der Waals surface area contributed by atoms with Gasteiger partial charge in [0.1, 0.15) is 17.3 Å². The highest BCUT2D eigenvalue weighted by Gasteiger charge is 2.16. The molecule has 0 spiro atoms. The Morgan fingerprint density at radius 2 is 1.69 bits per heavy atom. The molecular weight excluding hydrogens is 771 g/mol. The number of aliphatic carboxylic acids is 1. The first kappa shape index (κ1) is 27.5. The number of thioether (sulfide) groups is 1. The standard InChI is InChI=1S/C24H14Cl3I2N3O3S/c25-15-4-1-13(2-5-15)22-30-24(32-31-22)36-20(23(33)34)9-12-7-18(28)21(19(29)8-12)35-11-14-3-6-16(26)10-17(14)27/h1-10H,11H2,(H,33,34)(H,30,31,32)/b20-9-. The summed E-state index contributed by atoms with van der Waals surface area (Å²) in [6.07, 6.45) is 1.58. The van der Waals surface area contributed by atoms with Crippen molar-refractivity contribution in [2.75, 3.05) is 0 Å². The van der Waals surface area contributed by atoms with Gasteiger partial charge in [0.15, 0.2) is 5.82 Å². The number of benzene rings is 3. The lowest BCUT2D eigenvalue weighted by Gasteiger charge is -2.13. The van der Waals surface area contributed by atoms with E-state index in [-0.39, 0.29) is 16.7 Å². The summed E-state index contributed by atoms with van der Waals surface area (Å²) in [4.78, 5) is 16.4. The number of hydrogen-bond acceptors (Lipinski definition) is 5. The average molecular weight is 785 g/mol. The zero-order valence-electron chi connectivity index (χ0n) is 17.9. The number of rotatable bonds is 8. The lowest BCUT2D eigenvalue weighted by Crippen LogP contribution is -2.01. The predicted octanol–water partition coefficient (Wildman–Crippen LogP) is 8.44. The van der Waals surface area contributed by atoms with Crippen LogP contribution in [-0.2, 0) is 11.4 Å². The van der Waals surface area contributed by atoms with Crippen LogP contribution in [0, 0.1) is 7.14 Å². The second-order valence-corrected chi connectivity index (χ2v) is 11.8. The van der Waals surface area contributed by atoms with Gasteiger partial charge in [0.25, 0.3) is 0 Å². The minimum absolute atomic E-state index is 0.0740. The van der Waals surface area contributed by atoms with Gasteiger partial charge in [-0.1, -0.05) is 40.9 Å². The predicted molar refractivity (Wildman–Crippen MR) is 161 cm³/mol. The van der Waals surface area contributed by atoms with Crippen molar-refractivity contribution in [1.29, 1.82) is 0 Å². The Kier molecular flexibility index (Phi) is 9.45. The fourth-order valence-electron chi connectivity index (χ4n) is 3.00. The third-order valence-electron chi connectivity index (χ3n) is 4.70. The molecule has 12 heteroatoms. The first-order chi connectivity index (χ1) is 17.2. The minimum Gasteiger partial charge on any atom is -0.487 e. The molecule has 0 amide bonds. The molecule has 2 N–H and O–H groups in total. The maximum atomic E-state index is 12.0. The van der Waals surface area contributed by atoms with Gasteiger partial charge in [-0.05, 0) is 117 Å². The van der Waals surface area contributed by atoms with Crippen molar-refractivity contribution in [2.45, 2.75) is 11.8 Å². The van der Waals surface area contributed by atoms with Crippen LogP contribution in [0.4, 0.5) is 0 Å². The Morgan fingerprint density at radius 1 is 1.03 bits per heavy atom. The lowest BCUT2D eigenvalue weighted by atomic mass is 10.2. The van der Waals surface area contributed by atoms with Crippen LogP contribution in [-0.4, -0.2) is 26.3 Å². The minimum atomic E-state index is -1.08. The van der Waals surface area contributed by atoms with Gasteiger partial charge in [0.05, 0.1) is 7.14 Å². The van der Waals surface area contributed by atoms with Crippen molar-refractivity contribution >= 4 is 104 Å². The Bertz CT molecular complexity index is 1440. The molecule has 0 aliphatic rings. The van der Waals surface area contributed by atoms with Crippen molar-refractivity contribution in [3.8, 4) is 17.1 Å². The molecule has 0 aliphatic carbocycles. The second-order valence-electron chi connectivity index (χ2n) is 7.23. The summed E-state index contributed by atoms with van der Waals surface area (Å²) < 4.78 is 7.67. The molecule has 0 saturated carbocycles. The van der Waals surface area contributed by atoms with E-state index in [1.54, 1.807) is 42.5 Å². The number of carboxylic acid groups (broad SMARTS) is 1. The molecule has 0 radical (unpaired) electrons. The second kappa shape index (κ2) is 12.4. The van der Waals surface area contributed by atoms with Crippen molar-refractivity contribution in [2.24, 2.45) is 0 Å². The third kappa shape index (κ3) is 7.07. The van der Waals surface area contributed by atoms with E-state index in [4.69, 9.17) is 39.5 Å². The van der Waals surface area contributed by atoms with Crippen LogP contribution in [0.25, 0.3) is 17.5 Å². The zero-order chi connectivity index (χ0) is 25.8. The maximum Gasteiger partial charge on any atom is 0.342 e. The van der Waals surface area contributed by atoms with Crippen LogP contribution in [0.15, 0.2) is 64.7 Å². The normalized spacial score (nSPS) is 11.5. The van der Waals surface area contributed by atoms with Gasteiger partial charge < -0.3 is 9.84 Å². The summed E-state index contributed by atoms with van der Waals surface area (Å²) in [6, 6.07) is 16.0. The molecule has 36 heavy (non-hydrogen) atoms. The summed E-state index contributed by atoms with van der Waals surface area (Å²) in [6.45, 7) is 0.272. The molecule has 0 aliphatic heterocycles. The van der Waals surface area contributed by atoms with Crippen LogP contribution >= 0.6 is 91.7 Å². The number of nitrogens with zero attached hydrogens (tertiary/aromatic N) is 2. The molecule has 1 heterocycles. The topological polar surface area (TPSA) is 88.1 Å². The first-order valence-corrected chi connectivity index (χ1v) is 14.2. The molecule has 3 aromatic carbocycles. The lowest BCUT2D eigenvalue weighted by molar-refractivity contribution is -0.131. The fourth-order valence-corrected chi connectivity index (χ4v) is 6.43. The SMILES string of the molecule is O=C(O)/C(=C/c1cc(I)c(OCc2ccc(Cl)cc2Cl)c(I)c1)Sc1n[nH]c(-c2ccc(Cl)cc2)n1. The summed E-state index contributed by atoms with van der Waals surface area (Å²) >= 11 is 23.4. The highest BCUT2D eigenvalue weighted by molar-refractivity contribution is 14.1. The van der Waals surface area contributed by atoms with E-state index in [1.165, 1.54) is 0 Å². The first-order valence-electron chi connectivity index (χ1n) is 10.1. The van der Waals surface area contributed by atoms with Crippen LogP contribution in [0.3, 0.4) is 0 Å². The number of aromatic nitrogens is 3. The summed E-state index contributed by atoms with van der Waals surface area (Å²) in [5.41, 5.74) is 2.31. The number of carbonyl (C=O) groups is 1. The van der Waals surface area contributed by atoms with Crippen LogP contribution in [0.5, 0.6) is 5.75 Å². The number of aromatic amines is 1. The van der Waals surface area contributed by atoms with E-state index in [9.17, 15) is 9.90 Å². The fraction of sp³-hybridized carbons (Fsp3) is 0.0417. The van der Waals surface area contributed by atoms with E-state index in [0.717, 1.165) is 30.0 Å². The summed E-state index contributed by atoms with van der Waals surface area (Å²) in [5.74, 6) is 0.122. The summed E-state index contributed by atoms with van der Waals surface area (Å²) in [7, 11) is 0. The average Bonchev–Trinajstić information content (AvgIpc) is 3.28. The molecule has 0 unspecified atom stereocenters. The molecule has 0 bridgehead atoms. The van der Waals surface area contributed by atoms with E-state index in [2.05, 4.69) is 60.4 Å². The Balaban J connectivity index is 1.52. The van der Waals surface area contributed by atoms with Gasteiger partial charge in [-0.25, -0.2) is 9.78 Å². The molecular formula is C24H14Cl3I2N3O3S. The van der Waals surface area contributed by atoms with E-state index < -0.39 is 5.97 Å². The number of carboxylic acids is 1. The van der Waals surface area contributed by atoms with Gasteiger partial charge in [-0.3, -0.25) is 5.10 Å². The van der Waals surface area contributed by atoms with Crippen LogP contribution < -0.4 is 4.74 Å². The van der Waals surface area contributed by atoms with Gasteiger partial charge in [0, 0.05) is 26.2 Å². The summed E-state index contributed by atoms with van der Waals surface area (Å²) in [5, 5.41) is 18.7. The zero-order valence-corrected chi connectivity index (χ0v) is 25.3. The molecule has 0 atom stereocenters. The molecule has 6 nitrogen and oxygen atoms in total. The van der Waals surface area contributed by atoms with Crippen molar-refractivity contribution < 1.29 is 14.6 Å². The maximum absolute atomic E-state index is 12.0. The molecule has 4 rings (SSSR count). The third-order valence-corrected chi connectivity index (χ3v) is 8.02. The quantitative estimate of drug-likeness (QED) is 0.106. The Morgan fingerprint density at radius 3 is 2.33 bits per heavy atom. The van der Waals surface area contributed by atoms with Crippen LogP contribution in [0.1, 0.15) is 11.1 Å². The molecule has 4 aromatic rings. The van der Waals surface area contributed by atoms with Crippen LogP contribution in [0.2, 0.25) is 15.1 Å². The number of hydrogen-bond donors (Lipinski definition) is 2. The van der Waals surface area contributed by atoms with E-state index in [0.29, 0.717) is 32.2 Å². The smallest absolute Gasteiger partial charge is 0.342 e. The van der Waals surface area contributed by atoms with Gasteiger partial charge >= 0.3 is 5.97 Å². The van der Waals surface area contributed by atoms with Gasteiger partial charge in [-0.15, -0.1) is 5.10 Å². The van der Waals surface area contributed by atoms with E-state index in [1.807, 2.05) is 18.2 Å². The molecule has 1 aromatic heterocycles.